The fraction of sp³-hybridized carbons (Fsp3) is 0.429. The topological polar surface area (TPSA) is 43.4 Å². The Balaban J connectivity index is 2.04. The molecule has 0 saturated carbocycles. The first-order valence-corrected chi connectivity index (χ1v) is 5.89. The first kappa shape index (κ1) is 11.8. The molecule has 0 amide bonds. The van der Waals surface area contributed by atoms with Crippen molar-refractivity contribution in [3.8, 4) is 0 Å². The largest absolute Gasteiger partial charge is 0.393 e. The van der Waals surface area contributed by atoms with Crippen LogP contribution in [-0.4, -0.2) is 11.9 Å². The van der Waals surface area contributed by atoms with Crippen LogP contribution in [0.4, 0.5) is 0 Å². The number of rotatable bonds is 3. The fourth-order valence-corrected chi connectivity index (χ4v) is 2.00. The van der Waals surface area contributed by atoms with Gasteiger partial charge >= 0.3 is 11.9 Å². The molecule has 1 aliphatic rings. The predicted octanol–water partition coefficient (Wildman–Crippen LogP) is 2.44. The Hall–Kier alpha value is -1.64. The lowest BCUT2D eigenvalue weighted by Gasteiger charge is -2.08. The van der Waals surface area contributed by atoms with E-state index >= 15 is 0 Å². The summed E-state index contributed by atoms with van der Waals surface area (Å²) < 4.78 is 4.53. The van der Waals surface area contributed by atoms with Crippen LogP contribution in [0.15, 0.2) is 24.3 Å². The fourth-order valence-electron chi connectivity index (χ4n) is 2.00. The van der Waals surface area contributed by atoms with Gasteiger partial charge in [-0.3, -0.25) is 9.59 Å². The average molecular weight is 232 g/mol. The van der Waals surface area contributed by atoms with Gasteiger partial charge in [-0.1, -0.05) is 38.1 Å². The third-order valence-electron chi connectivity index (χ3n) is 3.09. The summed E-state index contributed by atoms with van der Waals surface area (Å²) in [6, 6.07) is 8.18. The van der Waals surface area contributed by atoms with Crippen LogP contribution in [-0.2, 0) is 20.7 Å². The van der Waals surface area contributed by atoms with Crippen molar-refractivity contribution in [2.75, 3.05) is 0 Å². The number of ether oxygens (including phenoxy) is 1. The van der Waals surface area contributed by atoms with Gasteiger partial charge in [0.25, 0.3) is 0 Å². The van der Waals surface area contributed by atoms with Crippen molar-refractivity contribution in [3.63, 3.8) is 0 Å². The van der Waals surface area contributed by atoms with Crippen LogP contribution in [0.25, 0.3) is 0 Å². The van der Waals surface area contributed by atoms with E-state index in [1.54, 1.807) is 0 Å². The zero-order valence-electron chi connectivity index (χ0n) is 10.1. The molecule has 3 nitrogen and oxygen atoms in total. The number of carbonyl (C=O) groups excluding carboxylic acids is 2. The van der Waals surface area contributed by atoms with Crippen LogP contribution in [0.2, 0.25) is 0 Å². The van der Waals surface area contributed by atoms with E-state index in [4.69, 9.17) is 0 Å². The quantitative estimate of drug-likeness (QED) is 0.594. The molecular weight excluding hydrogens is 216 g/mol. The Morgan fingerprint density at radius 2 is 1.88 bits per heavy atom. The molecule has 0 N–H and O–H groups in total. The molecule has 0 bridgehead atoms. The summed E-state index contributed by atoms with van der Waals surface area (Å²) in [5, 5.41) is 0. The summed E-state index contributed by atoms with van der Waals surface area (Å²) >= 11 is 0. The summed E-state index contributed by atoms with van der Waals surface area (Å²) in [5.41, 5.74) is 2.35. The highest BCUT2D eigenvalue weighted by Gasteiger charge is 2.33. The van der Waals surface area contributed by atoms with Crippen LogP contribution in [0.3, 0.4) is 0 Å². The second-order valence-electron chi connectivity index (χ2n) is 4.79. The number of esters is 2. The highest BCUT2D eigenvalue weighted by atomic mass is 16.6. The second-order valence-corrected chi connectivity index (χ2v) is 4.79. The lowest BCUT2D eigenvalue weighted by Crippen LogP contribution is -2.10. The van der Waals surface area contributed by atoms with Crippen LogP contribution >= 0.6 is 0 Å². The molecular formula is C14H16O3. The van der Waals surface area contributed by atoms with Crippen molar-refractivity contribution in [2.24, 2.45) is 5.92 Å². The van der Waals surface area contributed by atoms with E-state index < -0.39 is 5.97 Å². The molecule has 0 radical (unpaired) electrons. The van der Waals surface area contributed by atoms with E-state index in [0.717, 1.165) is 5.56 Å². The molecule has 2 rings (SSSR count). The minimum atomic E-state index is -0.404. The maximum absolute atomic E-state index is 11.3. The molecule has 1 unspecified atom stereocenters. The van der Waals surface area contributed by atoms with Gasteiger partial charge < -0.3 is 4.74 Å². The highest BCUT2D eigenvalue weighted by Crippen LogP contribution is 2.22. The Kier molecular flexibility index (Phi) is 3.27. The number of carbonyl (C=O) groups is 2. The zero-order chi connectivity index (χ0) is 12.4. The van der Waals surface area contributed by atoms with Crippen LogP contribution in [0.5, 0.6) is 0 Å². The van der Waals surface area contributed by atoms with Crippen molar-refractivity contribution in [2.45, 2.75) is 32.6 Å². The predicted molar refractivity (Wildman–Crippen MR) is 63.4 cm³/mol. The number of cyclic esters (lactones) is 2. The zero-order valence-corrected chi connectivity index (χ0v) is 10.1. The van der Waals surface area contributed by atoms with Crippen LogP contribution in [0.1, 0.15) is 37.3 Å². The molecule has 1 heterocycles. The molecule has 3 heteroatoms. The Bertz CT molecular complexity index is 431. The molecule has 1 aromatic carbocycles. The SMILES string of the molecule is CC(C)c1ccc(CC2CC(=O)OC2=O)cc1. The molecule has 90 valence electrons. The number of benzene rings is 1. The summed E-state index contributed by atoms with van der Waals surface area (Å²) in [6.07, 6.45) is 0.799. The Labute approximate surface area is 101 Å². The van der Waals surface area contributed by atoms with E-state index in [1.807, 2.05) is 12.1 Å². The highest BCUT2D eigenvalue weighted by molar-refractivity contribution is 5.94. The van der Waals surface area contributed by atoms with Gasteiger partial charge in [-0.05, 0) is 23.5 Å². The lowest BCUT2D eigenvalue weighted by molar-refractivity contribution is -0.153. The maximum atomic E-state index is 11.3. The second kappa shape index (κ2) is 4.70. The molecule has 1 fully saturated rings. The number of hydrogen-bond acceptors (Lipinski definition) is 3. The van der Waals surface area contributed by atoms with Gasteiger partial charge in [0.2, 0.25) is 0 Å². The first-order valence-electron chi connectivity index (χ1n) is 5.89. The van der Waals surface area contributed by atoms with E-state index in [1.165, 1.54) is 5.56 Å². The van der Waals surface area contributed by atoms with Gasteiger partial charge in [-0.2, -0.15) is 0 Å². The van der Waals surface area contributed by atoms with Crippen molar-refractivity contribution in [3.05, 3.63) is 35.4 Å². The third-order valence-corrected chi connectivity index (χ3v) is 3.09. The van der Waals surface area contributed by atoms with Crippen molar-refractivity contribution >= 4 is 11.9 Å². The van der Waals surface area contributed by atoms with E-state index in [0.29, 0.717) is 12.3 Å². The van der Waals surface area contributed by atoms with Gasteiger partial charge in [0.05, 0.1) is 12.3 Å². The molecule has 1 aliphatic heterocycles. The van der Waals surface area contributed by atoms with E-state index in [-0.39, 0.29) is 18.3 Å². The summed E-state index contributed by atoms with van der Waals surface area (Å²) in [4.78, 5) is 22.3. The summed E-state index contributed by atoms with van der Waals surface area (Å²) in [5.74, 6) is -0.587. The first-order chi connectivity index (χ1) is 8.06. The summed E-state index contributed by atoms with van der Waals surface area (Å²) in [6.45, 7) is 4.28. The normalized spacial score (nSPS) is 19.8. The standard InChI is InChI=1S/C14H16O3/c1-9(2)11-5-3-10(4-6-11)7-12-8-13(15)17-14(12)16/h3-6,9,12H,7-8H2,1-2H3. The summed E-state index contributed by atoms with van der Waals surface area (Å²) in [7, 11) is 0. The monoisotopic (exact) mass is 232 g/mol. The Morgan fingerprint density at radius 3 is 2.35 bits per heavy atom. The van der Waals surface area contributed by atoms with E-state index in [9.17, 15) is 9.59 Å². The van der Waals surface area contributed by atoms with Gasteiger partial charge in [0.15, 0.2) is 0 Å². The van der Waals surface area contributed by atoms with Crippen molar-refractivity contribution in [1.29, 1.82) is 0 Å². The van der Waals surface area contributed by atoms with Crippen LogP contribution in [0, 0.1) is 5.92 Å². The molecule has 0 aromatic heterocycles. The van der Waals surface area contributed by atoms with Crippen molar-refractivity contribution in [1.82, 2.24) is 0 Å². The molecule has 0 aliphatic carbocycles. The van der Waals surface area contributed by atoms with Crippen LogP contribution < -0.4 is 0 Å². The van der Waals surface area contributed by atoms with Gasteiger partial charge in [-0.15, -0.1) is 0 Å². The molecule has 0 spiro atoms. The maximum Gasteiger partial charge on any atom is 0.317 e. The van der Waals surface area contributed by atoms with Gasteiger partial charge in [-0.25, -0.2) is 0 Å². The smallest absolute Gasteiger partial charge is 0.317 e. The Morgan fingerprint density at radius 1 is 1.24 bits per heavy atom. The van der Waals surface area contributed by atoms with Gasteiger partial charge in [0, 0.05) is 0 Å². The lowest BCUT2D eigenvalue weighted by atomic mass is 9.95. The molecule has 1 saturated heterocycles. The van der Waals surface area contributed by atoms with Crippen molar-refractivity contribution < 1.29 is 14.3 Å². The van der Waals surface area contributed by atoms with Gasteiger partial charge in [0.1, 0.15) is 0 Å². The number of hydrogen-bond donors (Lipinski definition) is 0. The molecule has 17 heavy (non-hydrogen) atoms. The molecule has 1 atom stereocenters. The average Bonchev–Trinajstić information content (AvgIpc) is 2.58. The minimum absolute atomic E-state index is 0.213. The molecule has 1 aromatic rings. The third kappa shape index (κ3) is 2.73. The van der Waals surface area contributed by atoms with E-state index in [2.05, 4.69) is 30.7 Å². The minimum Gasteiger partial charge on any atom is -0.393 e.